The van der Waals surface area contributed by atoms with E-state index in [9.17, 15) is 9.59 Å². The van der Waals surface area contributed by atoms with Crippen LogP contribution >= 0.6 is 11.8 Å². The molecule has 4 aromatic rings. The summed E-state index contributed by atoms with van der Waals surface area (Å²) in [5.41, 5.74) is 5.14. The molecule has 0 unspecified atom stereocenters. The summed E-state index contributed by atoms with van der Waals surface area (Å²) in [5, 5.41) is 7.03. The van der Waals surface area contributed by atoms with Crippen molar-refractivity contribution in [2.24, 2.45) is 5.92 Å². The highest BCUT2D eigenvalue weighted by molar-refractivity contribution is 7.99. The lowest BCUT2D eigenvalue weighted by atomic mass is 9.93. The van der Waals surface area contributed by atoms with Crippen LogP contribution in [0.4, 0.5) is 16.2 Å². The molecule has 0 aliphatic carbocycles. The van der Waals surface area contributed by atoms with E-state index in [-0.39, 0.29) is 23.1 Å². The predicted molar refractivity (Wildman–Crippen MR) is 197 cm³/mol. The fraction of sp³-hybridized carbons (Fsp3) is 0.447. The number of fused-ring (bicyclic) bond motifs is 1. The van der Waals surface area contributed by atoms with Crippen LogP contribution in [0.15, 0.2) is 70.5 Å². The Labute approximate surface area is 279 Å². The Balaban J connectivity index is 1.83. The van der Waals surface area contributed by atoms with E-state index in [1.54, 1.807) is 22.5 Å². The van der Waals surface area contributed by atoms with E-state index < -0.39 is 6.03 Å². The highest BCUT2D eigenvalue weighted by Gasteiger charge is 2.23. The molecule has 4 rings (SSSR count). The highest BCUT2D eigenvalue weighted by Crippen LogP contribution is 2.36. The van der Waals surface area contributed by atoms with Gasteiger partial charge in [-0.05, 0) is 78.2 Å². The van der Waals surface area contributed by atoms with Gasteiger partial charge in [0.05, 0.1) is 0 Å². The number of nitrogens with zero attached hydrogens (tertiary/aromatic N) is 3. The van der Waals surface area contributed by atoms with Crippen molar-refractivity contribution < 1.29 is 4.79 Å². The number of thioether (sulfide) groups is 1. The molecule has 0 aliphatic rings. The van der Waals surface area contributed by atoms with E-state index in [0.717, 1.165) is 64.5 Å². The van der Waals surface area contributed by atoms with Crippen molar-refractivity contribution in [1.29, 1.82) is 0 Å². The molecule has 2 aromatic heterocycles. The zero-order valence-electron chi connectivity index (χ0n) is 28.8. The summed E-state index contributed by atoms with van der Waals surface area (Å²) in [6.45, 7) is 20.7. The quantitative estimate of drug-likeness (QED) is 0.134. The van der Waals surface area contributed by atoms with Crippen LogP contribution in [0, 0.1) is 5.92 Å². The van der Waals surface area contributed by atoms with Crippen LogP contribution in [0.1, 0.15) is 84.8 Å². The Bertz CT molecular complexity index is 1660. The molecule has 0 saturated carbocycles. The first-order chi connectivity index (χ1) is 22.0. The second-order valence-corrected chi connectivity index (χ2v) is 14.0. The van der Waals surface area contributed by atoms with Gasteiger partial charge in [-0.1, -0.05) is 85.7 Å². The Kier molecular flexibility index (Phi) is 12.5. The van der Waals surface area contributed by atoms with Gasteiger partial charge in [-0.25, -0.2) is 9.78 Å². The number of urea groups is 1. The molecular weight excluding hydrogens is 591 g/mol. The van der Waals surface area contributed by atoms with Crippen molar-refractivity contribution in [2.45, 2.75) is 85.1 Å². The average Bonchev–Trinajstić information content (AvgIpc) is 3.03. The summed E-state index contributed by atoms with van der Waals surface area (Å²) < 4.78 is 1.72. The molecule has 0 radical (unpaired) electrons. The van der Waals surface area contributed by atoms with Crippen molar-refractivity contribution in [1.82, 2.24) is 14.5 Å². The Hall–Kier alpha value is -3.62. The number of pyridine rings is 2. The largest absolute Gasteiger partial charge is 0.323 e. The zero-order chi connectivity index (χ0) is 33.4. The minimum atomic E-state index is -0.434. The highest BCUT2D eigenvalue weighted by atomic mass is 32.2. The lowest BCUT2D eigenvalue weighted by Crippen LogP contribution is -2.30. The minimum Gasteiger partial charge on any atom is -0.307 e. The average molecular weight is 642 g/mol. The van der Waals surface area contributed by atoms with Gasteiger partial charge in [-0.2, -0.15) is 0 Å². The first-order valence-corrected chi connectivity index (χ1v) is 17.7. The van der Waals surface area contributed by atoms with Crippen LogP contribution in [0.3, 0.4) is 0 Å². The minimum absolute atomic E-state index is 0.214. The Morgan fingerprint density at radius 1 is 0.891 bits per heavy atom. The van der Waals surface area contributed by atoms with Crippen LogP contribution in [0.25, 0.3) is 22.2 Å². The van der Waals surface area contributed by atoms with Crippen molar-refractivity contribution in [3.63, 3.8) is 0 Å². The van der Waals surface area contributed by atoms with Crippen LogP contribution in [-0.2, 0) is 6.54 Å². The topological polar surface area (TPSA) is 79.3 Å². The molecule has 7 nitrogen and oxygen atoms in total. The lowest BCUT2D eigenvalue weighted by Gasteiger charge is -2.22. The molecule has 0 spiro atoms. The van der Waals surface area contributed by atoms with Gasteiger partial charge < -0.3 is 15.5 Å². The maximum Gasteiger partial charge on any atom is 0.323 e. The smallest absolute Gasteiger partial charge is 0.307 e. The van der Waals surface area contributed by atoms with E-state index in [1.165, 1.54) is 0 Å². The number of hydrogen-bond donors (Lipinski definition) is 2. The first-order valence-electron chi connectivity index (χ1n) is 16.7. The number of nitrogens with one attached hydrogen (secondary N) is 2. The lowest BCUT2D eigenvalue weighted by molar-refractivity contribution is 0.262. The number of para-hydroxylation sites is 1. The number of hydrogen-bond acceptors (Lipinski definition) is 5. The van der Waals surface area contributed by atoms with Crippen molar-refractivity contribution in [3.05, 3.63) is 82.3 Å². The molecule has 8 heteroatoms. The molecule has 0 bridgehead atoms. The molecule has 2 N–H and O–H groups in total. The summed E-state index contributed by atoms with van der Waals surface area (Å²) >= 11 is 1.80. The van der Waals surface area contributed by atoms with Gasteiger partial charge in [0.1, 0.15) is 11.3 Å². The van der Waals surface area contributed by atoms with Gasteiger partial charge in [0.15, 0.2) is 0 Å². The molecule has 46 heavy (non-hydrogen) atoms. The summed E-state index contributed by atoms with van der Waals surface area (Å²) in [7, 11) is 0. The van der Waals surface area contributed by atoms with E-state index in [4.69, 9.17) is 4.98 Å². The van der Waals surface area contributed by atoms with Crippen LogP contribution < -0.4 is 16.2 Å². The van der Waals surface area contributed by atoms with Gasteiger partial charge >= 0.3 is 6.03 Å². The third-order valence-electron chi connectivity index (χ3n) is 8.49. The number of anilines is 2. The summed E-state index contributed by atoms with van der Waals surface area (Å²) in [5.74, 6) is 1.79. The summed E-state index contributed by atoms with van der Waals surface area (Å²) in [6, 6.07) is 17.9. The molecule has 0 atom stereocenters. The third-order valence-corrected chi connectivity index (χ3v) is 9.47. The molecule has 0 aliphatic heterocycles. The number of amides is 2. The van der Waals surface area contributed by atoms with Crippen molar-refractivity contribution >= 4 is 40.2 Å². The van der Waals surface area contributed by atoms with E-state index >= 15 is 0 Å². The number of carbonyl (C=O) groups excluding carboxylic acids is 1. The van der Waals surface area contributed by atoms with Gasteiger partial charge in [0.25, 0.3) is 5.56 Å². The maximum atomic E-state index is 14.4. The Morgan fingerprint density at radius 3 is 2.17 bits per heavy atom. The summed E-state index contributed by atoms with van der Waals surface area (Å²) in [6.07, 6.45) is 2.54. The summed E-state index contributed by atoms with van der Waals surface area (Å²) in [4.78, 5) is 36.5. The molecule has 2 heterocycles. The molecule has 2 amide bonds. The molecular formula is C38H51N5O2S. The van der Waals surface area contributed by atoms with Crippen LogP contribution in [-0.4, -0.2) is 45.9 Å². The van der Waals surface area contributed by atoms with Gasteiger partial charge in [0, 0.05) is 46.6 Å². The molecule has 0 fully saturated rings. The monoisotopic (exact) mass is 641 g/mol. The first kappa shape index (κ1) is 35.2. The SMILES string of the molecule is CCN(CC)CCSc1cccc(-c2c(NC(=O)Nc3c(C(C)C)cccc3C(C)C)c(=O)n(CCC(C)C)c3ncccc23)c1. The van der Waals surface area contributed by atoms with Crippen molar-refractivity contribution in [3.8, 4) is 11.1 Å². The molecule has 0 saturated heterocycles. The second kappa shape index (κ2) is 16.3. The fourth-order valence-electron chi connectivity index (χ4n) is 5.82. The normalized spacial score (nSPS) is 11.7. The third kappa shape index (κ3) is 8.39. The zero-order valence-corrected chi connectivity index (χ0v) is 29.6. The predicted octanol–water partition coefficient (Wildman–Crippen LogP) is 9.43. The number of aromatic nitrogens is 2. The van der Waals surface area contributed by atoms with E-state index in [2.05, 4.69) is 95.2 Å². The van der Waals surface area contributed by atoms with Gasteiger partial charge in [0.2, 0.25) is 0 Å². The number of rotatable bonds is 14. The number of carbonyl (C=O) groups is 1. The maximum absolute atomic E-state index is 14.4. The van der Waals surface area contributed by atoms with Crippen molar-refractivity contribution in [2.75, 3.05) is 36.0 Å². The van der Waals surface area contributed by atoms with Crippen LogP contribution in [0.2, 0.25) is 0 Å². The molecule has 246 valence electrons. The second-order valence-electron chi connectivity index (χ2n) is 12.9. The van der Waals surface area contributed by atoms with Gasteiger partial charge in [-0.15, -0.1) is 11.8 Å². The van der Waals surface area contributed by atoms with Gasteiger partial charge in [-0.3, -0.25) is 9.36 Å². The van der Waals surface area contributed by atoms with Crippen LogP contribution in [0.5, 0.6) is 0 Å². The van der Waals surface area contributed by atoms with E-state index in [0.29, 0.717) is 23.7 Å². The molecule has 2 aromatic carbocycles. The Morgan fingerprint density at radius 2 is 1.54 bits per heavy atom. The van der Waals surface area contributed by atoms with E-state index in [1.807, 2.05) is 30.3 Å². The fourth-order valence-corrected chi connectivity index (χ4v) is 6.79. The standard InChI is InChI=1S/C38H51N5O2S/c1-9-42(10-2)22-23-46-29-15-11-14-28(24-29)33-32-18-13-20-39-36(32)43(21-19-25(3)4)37(44)35(33)41-38(45)40-34-30(26(5)6)16-12-17-31(34)27(7)8/h11-18,20,24-27H,9-10,19,21-23H2,1-8H3,(H2,40,41,45). The number of aryl methyl sites for hydroxylation is 1. The number of benzene rings is 2.